The van der Waals surface area contributed by atoms with Crippen LogP contribution in [0.25, 0.3) is 0 Å². The molecule has 1 aliphatic rings. The van der Waals surface area contributed by atoms with Crippen LogP contribution in [0.1, 0.15) is 32.3 Å². The number of hydrogen-bond donors (Lipinski definition) is 1. The lowest BCUT2D eigenvalue weighted by Gasteiger charge is -2.35. The average Bonchev–Trinajstić information content (AvgIpc) is 2.93. The third-order valence-electron chi connectivity index (χ3n) is 3.93. The lowest BCUT2D eigenvalue weighted by atomic mass is 10.1. The van der Waals surface area contributed by atoms with Gasteiger partial charge >= 0.3 is 5.97 Å². The summed E-state index contributed by atoms with van der Waals surface area (Å²) in [6.45, 7) is 4.96. The Labute approximate surface area is 142 Å². The molecule has 0 radical (unpaired) electrons. The fourth-order valence-corrected chi connectivity index (χ4v) is 4.60. The molecule has 132 valence electrons. The summed E-state index contributed by atoms with van der Waals surface area (Å²) in [7, 11) is -3.95. The Hall–Kier alpha value is -1.93. The first-order chi connectivity index (χ1) is 11.2. The first-order valence-electron chi connectivity index (χ1n) is 7.79. The van der Waals surface area contributed by atoms with Gasteiger partial charge in [0.1, 0.15) is 0 Å². The van der Waals surface area contributed by atoms with E-state index in [0.717, 1.165) is 9.87 Å². The van der Waals surface area contributed by atoms with E-state index in [4.69, 9.17) is 4.74 Å². The maximum atomic E-state index is 13.0. The number of nitrogens with one attached hydrogen (secondary N) is 1. The normalized spacial score (nSPS) is 21.5. The summed E-state index contributed by atoms with van der Waals surface area (Å²) in [5.74, 6) is -1.25. The van der Waals surface area contributed by atoms with Crippen LogP contribution >= 0.6 is 0 Å². The van der Waals surface area contributed by atoms with Gasteiger partial charge < -0.3 is 10.1 Å². The van der Waals surface area contributed by atoms with Gasteiger partial charge in [0.25, 0.3) is 0 Å². The molecule has 1 amide bonds. The first kappa shape index (κ1) is 18.4. The summed E-state index contributed by atoms with van der Waals surface area (Å²) in [4.78, 5) is 24.2. The summed E-state index contributed by atoms with van der Waals surface area (Å²) < 4.78 is 32.1. The van der Waals surface area contributed by atoms with Gasteiger partial charge in [0.15, 0.2) is 0 Å². The molecule has 0 aliphatic carbocycles. The molecule has 1 aliphatic heterocycles. The molecule has 1 aromatic carbocycles. The van der Waals surface area contributed by atoms with Crippen LogP contribution in [0, 0.1) is 6.92 Å². The van der Waals surface area contributed by atoms with Crippen molar-refractivity contribution in [1.29, 1.82) is 0 Å². The zero-order valence-electron chi connectivity index (χ0n) is 14.0. The molecule has 1 heterocycles. The molecule has 2 rings (SSSR count). The number of benzene rings is 1. The highest BCUT2D eigenvalue weighted by Crippen LogP contribution is 2.34. The Morgan fingerprint density at radius 3 is 2.46 bits per heavy atom. The second-order valence-electron chi connectivity index (χ2n) is 5.76. The standard InChI is InChI=1S/C16H22N2O5S/c1-4-23-15(20)16(17-13(3)19)10-5-11-18(16)24(21,22)14-8-6-12(2)7-9-14/h6-9H,4-5,10-11H2,1-3H3,(H,17,19). The number of aryl methyl sites for hydroxylation is 1. The van der Waals surface area contributed by atoms with Crippen LogP contribution in [-0.4, -0.2) is 43.4 Å². The Kier molecular flexibility index (Phi) is 5.29. The van der Waals surface area contributed by atoms with E-state index in [1.54, 1.807) is 19.1 Å². The highest BCUT2D eigenvalue weighted by atomic mass is 32.2. The van der Waals surface area contributed by atoms with E-state index in [2.05, 4.69) is 5.32 Å². The number of rotatable bonds is 5. The Balaban J connectivity index is 2.50. The second-order valence-corrected chi connectivity index (χ2v) is 7.62. The number of hydrogen-bond acceptors (Lipinski definition) is 5. The highest BCUT2D eigenvalue weighted by molar-refractivity contribution is 7.89. The minimum absolute atomic E-state index is 0.0778. The van der Waals surface area contributed by atoms with E-state index in [1.165, 1.54) is 19.1 Å². The SMILES string of the molecule is CCOC(=O)C1(NC(C)=O)CCCN1S(=O)(=O)c1ccc(C)cc1. The lowest BCUT2D eigenvalue weighted by molar-refractivity contribution is -0.157. The Bertz CT molecular complexity index is 729. The summed E-state index contributed by atoms with van der Waals surface area (Å²) >= 11 is 0. The Morgan fingerprint density at radius 2 is 1.92 bits per heavy atom. The summed E-state index contributed by atoms with van der Waals surface area (Å²) in [6.07, 6.45) is 0.626. The van der Waals surface area contributed by atoms with Crippen LogP contribution in [0.2, 0.25) is 0 Å². The number of amides is 1. The molecule has 1 atom stereocenters. The van der Waals surface area contributed by atoms with Crippen molar-refractivity contribution in [3.63, 3.8) is 0 Å². The second kappa shape index (κ2) is 6.90. The Morgan fingerprint density at radius 1 is 1.29 bits per heavy atom. The van der Waals surface area contributed by atoms with E-state index >= 15 is 0 Å². The van der Waals surface area contributed by atoms with Gasteiger partial charge in [0, 0.05) is 13.5 Å². The summed E-state index contributed by atoms with van der Waals surface area (Å²) in [6, 6.07) is 6.36. The third kappa shape index (κ3) is 3.29. The van der Waals surface area contributed by atoms with E-state index in [-0.39, 0.29) is 24.5 Å². The van der Waals surface area contributed by atoms with Gasteiger partial charge in [-0.1, -0.05) is 17.7 Å². The molecule has 8 heteroatoms. The maximum Gasteiger partial charge on any atom is 0.348 e. The summed E-state index contributed by atoms with van der Waals surface area (Å²) in [5.41, 5.74) is -0.764. The molecule has 1 aromatic rings. The van der Waals surface area contributed by atoms with Crippen LogP contribution in [-0.2, 0) is 24.3 Å². The molecule has 0 aromatic heterocycles. The van der Waals surface area contributed by atoms with Gasteiger partial charge in [-0.15, -0.1) is 0 Å². The van der Waals surface area contributed by atoms with Gasteiger partial charge in [-0.05, 0) is 38.8 Å². The van der Waals surface area contributed by atoms with Crippen LogP contribution < -0.4 is 5.32 Å². The van der Waals surface area contributed by atoms with Crippen LogP contribution in [0.5, 0.6) is 0 Å². The van der Waals surface area contributed by atoms with Crippen molar-refractivity contribution in [2.75, 3.05) is 13.2 Å². The predicted molar refractivity (Wildman–Crippen MR) is 87.5 cm³/mol. The molecule has 7 nitrogen and oxygen atoms in total. The van der Waals surface area contributed by atoms with Gasteiger partial charge in [0.2, 0.25) is 21.6 Å². The topological polar surface area (TPSA) is 92.8 Å². The average molecular weight is 354 g/mol. The number of sulfonamides is 1. The van der Waals surface area contributed by atoms with Crippen LogP contribution in [0.15, 0.2) is 29.2 Å². The number of nitrogens with zero attached hydrogens (tertiary/aromatic N) is 1. The predicted octanol–water partition coefficient (Wildman–Crippen LogP) is 1.18. The molecule has 0 bridgehead atoms. The van der Waals surface area contributed by atoms with E-state index in [9.17, 15) is 18.0 Å². The van der Waals surface area contributed by atoms with Gasteiger partial charge in [-0.3, -0.25) is 4.79 Å². The highest BCUT2D eigenvalue weighted by Gasteiger charge is 2.55. The molecular formula is C16H22N2O5S. The van der Waals surface area contributed by atoms with Gasteiger partial charge in [-0.2, -0.15) is 4.31 Å². The molecule has 24 heavy (non-hydrogen) atoms. The van der Waals surface area contributed by atoms with E-state index in [1.807, 2.05) is 6.92 Å². The van der Waals surface area contributed by atoms with E-state index in [0.29, 0.717) is 6.42 Å². The summed E-state index contributed by atoms with van der Waals surface area (Å²) in [5, 5.41) is 2.51. The number of ether oxygens (including phenoxy) is 1. The first-order valence-corrected chi connectivity index (χ1v) is 9.23. The number of carbonyl (C=O) groups is 2. The quantitative estimate of drug-likeness (QED) is 0.802. The van der Waals surface area contributed by atoms with Crippen LogP contribution in [0.3, 0.4) is 0 Å². The van der Waals surface area contributed by atoms with Crippen molar-refractivity contribution in [1.82, 2.24) is 9.62 Å². The van der Waals surface area contributed by atoms with Gasteiger partial charge in [0.05, 0.1) is 11.5 Å². The van der Waals surface area contributed by atoms with Crippen molar-refractivity contribution in [2.45, 2.75) is 44.2 Å². The third-order valence-corrected chi connectivity index (χ3v) is 5.87. The van der Waals surface area contributed by atoms with E-state index < -0.39 is 27.6 Å². The largest absolute Gasteiger partial charge is 0.463 e. The fourth-order valence-electron chi connectivity index (χ4n) is 2.88. The van der Waals surface area contributed by atoms with Crippen molar-refractivity contribution in [3.8, 4) is 0 Å². The van der Waals surface area contributed by atoms with Crippen molar-refractivity contribution >= 4 is 21.9 Å². The zero-order chi connectivity index (χ0) is 18.0. The van der Waals surface area contributed by atoms with Crippen LogP contribution in [0.4, 0.5) is 0 Å². The molecule has 0 saturated carbocycles. The monoisotopic (exact) mass is 354 g/mol. The number of esters is 1. The molecule has 0 spiro atoms. The molecule has 1 N–H and O–H groups in total. The minimum Gasteiger partial charge on any atom is -0.463 e. The smallest absolute Gasteiger partial charge is 0.348 e. The molecule has 1 unspecified atom stereocenters. The van der Waals surface area contributed by atoms with Crippen molar-refractivity contribution in [2.24, 2.45) is 0 Å². The molecule has 1 fully saturated rings. The minimum atomic E-state index is -3.95. The van der Waals surface area contributed by atoms with Gasteiger partial charge in [-0.25, -0.2) is 13.2 Å². The zero-order valence-corrected chi connectivity index (χ0v) is 14.9. The van der Waals surface area contributed by atoms with Crippen molar-refractivity contribution in [3.05, 3.63) is 29.8 Å². The van der Waals surface area contributed by atoms with Crippen molar-refractivity contribution < 1.29 is 22.7 Å². The number of carbonyl (C=O) groups excluding carboxylic acids is 2. The lowest BCUT2D eigenvalue weighted by Crippen LogP contribution is -2.64. The molecule has 1 saturated heterocycles. The maximum absolute atomic E-state index is 13.0. The molecular weight excluding hydrogens is 332 g/mol. The fraction of sp³-hybridized carbons (Fsp3) is 0.500.